The molecule has 4 heterocycles. The van der Waals surface area contributed by atoms with Gasteiger partial charge < -0.3 is 14.2 Å². The smallest absolute Gasteiger partial charge is 0.431 e. The predicted octanol–water partition coefficient (Wildman–Crippen LogP) is 3.13. The van der Waals surface area contributed by atoms with Gasteiger partial charge in [-0.15, -0.1) is 0 Å². The largest absolute Gasteiger partial charge is 0.488 e. The zero-order chi connectivity index (χ0) is 26.5. The maximum absolute atomic E-state index is 13.1. The third-order valence-corrected chi connectivity index (χ3v) is 7.08. The summed E-state index contributed by atoms with van der Waals surface area (Å²) in [5.41, 5.74) is 0.445. The minimum Gasteiger partial charge on any atom is -0.488 e. The highest BCUT2D eigenvalue weighted by Gasteiger charge is 2.36. The van der Waals surface area contributed by atoms with Crippen molar-refractivity contribution in [1.29, 1.82) is 0 Å². The molecule has 0 spiro atoms. The third kappa shape index (κ3) is 4.56. The number of ether oxygens (including phenoxy) is 1. The molecule has 2 saturated heterocycles. The maximum Gasteiger partial charge on any atom is 0.431 e. The van der Waals surface area contributed by atoms with E-state index in [2.05, 4.69) is 10.4 Å². The van der Waals surface area contributed by atoms with Crippen molar-refractivity contribution in [3.8, 4) is 5.75 Å². The Balaban J connectivity index is 1.29. The lowest BCUT2D eigenvalue weighted by atomic mass is 9.93. The molecule has 0 bridgehead atoms. The number of halogens is 3. The minimum absolute atomic E-state index is 0.00711. The van der Waals surface area contributed by atoms with Gasteiger partial charge in [0.1, 0.15) is 28.8 Å². The number of aryl methyl sites for hydroxylation is 1. The summed E-state index contributed by atoms with van der Waals surface area (Å²) in [6.45, 7) is 0.692. The van der Waals surface area contributed by atoms with Crippen LogP contribution < -0.4 is 10.1 Å². The molecule has 3 aromatic rings. The van der Waals surface area contributed by atoms with E-state index < -0.39 is 23.7 Å². The molecule has 37 heavy (non-hydrogen) atoms. The molecule has 2 fully saturated rings. The molecule has 5 rings (SSSR count). The summed E-state index contributed by atoms with van der Waals surface area (Å²) in [5.74, 6) is -1.03. The summed E-state index contributed by atoms with van der Waals surface area (Å²) < 4.78 is 48.2. The number of fused-ring (bicyclic) bond motifs is 1. The number of nitrogens with one attached hydrogen (secondary N) is 1. The van der Waals surface area contributed by atoms with E-state index in [0.717, 1.165) is 21.5 Å². The number of rotatable bonds is 4. The molecule has 1 atom stereocenters. The van der Waals surface area contributed by atoms with Crippen molar-refractivity contribution >= 4 is 28.6 Å². The van der Waals surface area contributed by atoms with Crippen LogP contribution in [0.2, 0.25) is 0 Å². The summed E-state index contributed by atoms with van der Waals surface area (Å²) in [6.07, 6.45) is -3.07. The number of piperidine rings is 2. The molecule has 0 aliphatic carbocycles. The Labute approximate surface area is 210 Å². The van der Waals surface area contributed by atoms with Crippen LogP contribution in [-0.2, 0) is 29.9 Å². The topological polar surface area (TPSA) is 98.5 Å². The van der Waals surface area contributed by atoms with Crippen molar-refractivity contribution in [3.63, 3.8) is 0 Å². The van der Waals surface area contributed by atoms with E-state index in [0.29, 0.717) is 43.8 Å². The van der Waals surface area contributed by atoms with Gasteiger partial charge in [0, 0.05) is 51.8 Å². The minimum atomic E-state index is -4.53. The van der Waals surface area contributed by atoms with Crippen molar-refractivity contribution in [2.24, 2.45) is 14.1 Å². The molecule has 196 valence electrons. The normalized spacial score (nSPS) is 19.4. The Morgan fingerprint density at radius 1 is 1.08 bits per heavy atom. The van der Waals surface area contributed by atoms with E-state index in [-0.39, 0.29) is 30.0 Å². The number of nitrogens with zero attached hydrogens (tertiary/aromatic N) is 4. The van der Waals surface area contributed by atoms with E-state index in [1.54, 1.807) is 16.6 Å². The molecule has 2 aromatic heterocycles. The van der Waals surface area contributed by atoms with Crippen LogP contribution >= 0.6 is 0 Å². The van der Waals surface area contributed by atoms with Crippen molar-refractivity contribution in [2.45, 2.75) is 43.9 Å². The number of carbonyl (C=O) groups is 3. The highest BCUT2D eigenvalue weighted by Crippen LogP contribution is 2.35. The molecule has 12 heteroatoms. The average molecular weight is 518 g/mol. The van der Waals surface area contributed by atoms with Gasteiger partial charge in [-0.25, -0.2) is 0 Å². The molecular weight excluding hydrogens is 491 g/mol. The van der Waals surface area contributed by atoms with E-state index in [1.807, 2.05) is 18.2 Å². The Hall–Kier alpha value is -3.83. The first-order valence-corrected chi connectivity index (χ1v) is 12.0. The van der Waals surface area contributed by atoms with E-state index in [4.69, 9.17) is 4.74 Å². The van der Waals surface area contributed by atoms with Gasteiger partial charge in [-0.3, -0.25) is 24.4 Å². The summed E-state index contributed by atoms with van der Waals surface area (Å²) in [5, 5.41) is 7.71. The molecule has 1 unspecified atom stereocenters. The van der Waals surface area contributed by atoms with Crippen LogP contribution in [0.15, 0.2) is 30.3 Å². The fraction of sp³-hybridized carbons (Fsp3) is 0.440. The molecule has 1 N–H and O–H groups in total. The lowest BCUT2D eigenvalue weighted by Crippen LogP contribution is -2.42. The predicted molar refractivity (Wildman–Crippen MR) is 126 cm³/mol. The number of benzene rings is 1. The second kappa shape index (κ2) is 9.24. The second-order valence-electron chi connectivity index (χ2n) is 9.43. The fourth-order valence-corrected chi connectivity index (χ4v) is 5.16. The standard InChI is InChI=1S/C25H26F3N5O4/c1-31-17(7-8-19(31)25(26,27)28)24(36)33-12-10-14(11-13-33)37-18-5-3-4-15-21(30-32(2)22(15)18)16-6-9-20(34)29-23(16)35/h3-5,7-8,14,16H,6,9-13H2,1-2H3,(H,29,34,35). The molecule has 2 aliphatic heterocycles. The van der Waals surface area contributed by atoms with Crippen LogP contribution in [0.1, 0.15) is 53.5 Å². The average Bonchev–Trinajstić information content (AvgIpc) is 3.40. The summed E-state index contributed by atoms with van der Waals surface area (Å²) in [7, 11) is 3.00. The molecule has 1 aromatic carbocycles. The molecule has 2 aliphatic rings. The summed E-state index contributed by atoms with van der Waals surface area (Å²) in [6, 6.07) is 7.63. The van der Waals surface area contributed by atoms with Crippen LogP contribution in [0.3, 0.4) is 0 Å². The van der Waals surface area contributed by atoms with Gasteiger partial charge in [0.15, 0.2) is 0 Å². The van der Waals surface area contributed by atoms with Gasteiger partial charge >= 0.3 is 6.18 Å². The molecule has 0 radical (unpaired) electrons. The monoisotopic (exact) mass is 517 g/mol. The number of imide groups is 1. The van der Waals surface area contributed by atoms with Crippen molar-refractivity contribution in [2.75, 3.05) is 13.1 Å². The number of likely N-dealkylation sites (tertiary alicyclic amines) is 1. The SMILES string of the molecule is Cn1c(C(=O)N2CCC(Oc3cccc4c(C5CCC(=O)NC5=O)nn(C)c34)CC2)ccc1C(F)(F)F. The van der Waals surface area contributed by atoms with Gasteiger partial charge in [0.2, 0.25) is 11.8 Å². The zero-order valence-electron chi connectivity index (χ0n) is 20.3. The summed E-state index contributed by atoms with van der Waals surface area (Å²) >= 11 is 0. The molecule has 9 nitrogen and oxygen atoms in total. The Kier molecular flexibility index (Phi) is 6.20. The Morgan fingerprint density at radius 2 is 1.81 bits per heavy atom. The Morgan fingerprint density at radius 3 is 2.46 bits per heavy atom. The van der Waals surface area contributed by atoms with Crippen LogP contribution in [0.4, 0.5) is 13.2 Å². The van der Waals surface area contributed by atoms with Gasteiger partial charge in [0.05, 0.1) is 11.6 Å². The zero-order valence-corrected chi connectivity index (χ0v) is 20.3. The van der Waals surface area contributed by atoms with Gasteiger partial charge in [-0.1, -0.05) is 12.1 Å². The van der Waals surface area contributed by atoms with Crippen LogP contribution in [-0.4, -0.2) is 56.2 Å². The number of hydrogen-bond acceptors (Lipinski definition) is 5. The number of carbonyl (C=O) groups excluding carboxylic acids is 3. The fourth-order valence-electron chi connectivity index (χ4n) is 5.16. The molecule has 3 amide bonds. The number of hydrogen-bond donors (Lipinski definition) is 1. The highest BCUT2D eigenvalue weighted by atomic mass is 19.4. The van der Waals surface area contributed by atoms with E-state index in [1.165, 1.54) is 13.1 Å². The first kappa shape index (κ1) is 24.8. The van der Waals surface area contributed by atoms with Crippen LogP contribution in [0.25, 0.3) is 10.9 Å². The Bertz CT molecular complexity index is 1380. The first-order chi connectivity index (χ1) is 17.5. The van der Waals surface area contributed by atoms with E-state index in [9.17, 15) is 27.6 Å². The van der Waals surface area contributed by atoms with Gasteiger partial charge in [-0.2, -0.15) is 18.3 Å². The third-order valence-electron chi connectivity index (χ3n) is 7.08. The van der Waals surface area contributed by atoms with Gasteiger partial charge in [-0.05, 0) is 24.6 Å². The molecular formula is C25H26F3N5O4. The first-order valence-electron chi connectivity index (χ1n) is 12.0. The van der Waals surface area contributed by atoms with Crippen LogP contribution in [0.5, 0.6) is 5.75 Å². The van der Waals surface area contributed by atoms with Crippen molar-refractivity contribution in [1.82, 2.24) is 24.6 Å². The van der Waals surface area contributed by atoms with E-state index >= 15 is 0 Å². The lowest BCUT2D eigenvalue weighted by molar-refractivity contribution is -0.143. The number of alkyl halides is 3. The maximum atomic E-state index is 13.1. The molecule has 0 saturated carbocycles. The van der Waals surface area contributed by atoms with Gasteiger partial charge in [0.25, 0.3) is 5.91 Å². The van der Waals surface area contributed by atoms with Crippen molar-refractivity contribution < 1.29 is 32.3 Å². The number of aromatic nitrogens is 3. The van der Waals surface area contributed by atoms with Crippen molar-refractivity contribution in [3.05, 3.63) is 47.4 Å². The number of amides is 3. The number of para-hydroxylation sites is 1. The quantitative estimate of drug-likeness (QED) is 0.537. The lowest BCUT2D eigenvalue weighted by Gasteiger charge is -2.32. The van der Waals surface area contributed by atoms with Crippen LogP contribution in [0, 0.1) is 0 Å². The summed E-state index contributed by atoms with van der Waals surface area (Å²) in [4.78, 5) is 38.4. The highest BCUT2D eigenvalue weighted by molar-refractivity contribution is 6.03. The second-order valence-corrected chi connectivity index (χ2v) is 9.43.